The molecular formula is C21H20N2O2S. The zero-order chi connectivity index (χ0) is 18.4. The van der Waals surface area contributed by atoms with Gasteiger partial charge in [-0.05, 0) is 53.6 Å². The third-order valence-electron chi connectivity index (χ3n) is 3.79. The molecule has 1 fully saturated rings. The van der Waals surface area contributed by atoms with Crippen LogP contribution in [0.25, 0.3) is 6.08 Å². The van der Waals surface area contributed by atoms with Gasteiger partial charge in [0.15, 0.2) is 5.17 Å². The summed E-state index contributed by atoms with van der Waals surface area (Å²) in [7, 11) is 0. The normalized spacial score (nSPS) is 16.7. The summed E-state index contributed by atoms with van der Waals surface area (Å²) in [5.41, 5.74) is 2.98. The van der Waals surface area contributed by atoms with Crippen molar-refractivity contribution in [3.8, 4) is 5.75 Å². The Morgan fingerprint density at radius 2 is 1.96 bits per heavy atom. The predicted octanol–water partition coefficient (Wildman–Crippen LogP) is 4.71. The zero-order valence-electron chi connectivity index (χ0n) is 14.6. The van der Waals surface area contributed by atoms with Crippen molar-refractivity contribution in [3.05, 3.63) is 77.2 Å². The first-order valence-corrected chi connectivity index (χ1v) is 9.22. The molecule has 0 aliphatic carbocycles. The van der Waals surface area contributed by atoms with Crippen molar-refractivity contribution < 1.29 is 9.53 Å². The fourth-order valence-corrected chi connectivity index (χ4v) is 3.31. The molecule has 0 radical (unpaired) electrons. The van der Waals surface area contributed by atoms with E-state index in [9.17, 15) is 4.79 Å². The van der Waals surface area contributed by atoms with Crippen LogP contribution in [-0.2, 0) is 11.2 Å². The molecule has 5 heteroatoms. The van der Waals surface area contributed by atoms with Gasteiger partial charge in [-0.1, -0.05) is 49.9 Å². The number of amidine groups is 1. The van der Waals surface area contributed by atoms with E-state index in [1.54, 1.807) is 6.08 Å². The average Bonchev–Trinajstić information content (AvgIpc) is 3.00. The number of carbonyl (C=O) groups excluding carboxylic acids is 1. The maximum Gasteiger partial charge on any atom is 0.264 e. The highest BCUT2D eigenvalue weighted by molar-refractivity contribution is 8.18. The van der Waals surface area contributed by atoms with Gasteiger partial charge >= 0.3 is 0 Å². The lowest BCUT2D eigenvalue weighted by Crippen LogP contribution is -2.19. The number of ether oxygens (including phenoxy) is 1. The molecular weight excluding hydrogens is 344 g/mol. The van der Waals surface area contributed by atoms with Gasteiger partial charge in [0.1, 0.15) is 12.4 Å². The molecule has 1 N–H and O–H groups in total. The van der Waals surface area contributed by atoms with Crippen LogP contribution in [-0.4, -0.2) is 17.7 Å². The molecule has 132 valence electrons. The summed E-state index contributed by atoms with van der Waals surface area (Å²) in [5.74, 6) is 0.642. The highest BCUT2D eigenvalue weighted by atomic mass is 32.2. The summed E-state index contributed by atoms with van der Waals surface area (Å²) in [6.45, 7) is 6.19. The van der Waals surface area contributed by atoms with Gasteiger partial charge in [-0.2, -0.15) is 0 Å². The van der Waals surface area contributed by atoms with Crippen molar-refractivity contribution in [3.63, 3.8) is 0 Å². The second kappa shape index (κ2) is 8.54. The Kier molecular flexibility index (Phi) is 5.92. The number of hydrogen-bond acceptors (Lipinski definition) is 4. The fraction of sp³-hybridized carbons (Fsp3) is 0.143. The quantitative estimate of drug-likeness (QED) is 0.597. The lowest BCUT2D eigenvalue weighted by molar-refractivity contribution is -0.115. The van der Waals surface area contributed by atoms with Crippen molar-refractivity contribution in [2.75, 3.05) is 6.61 Å². The minimum absolute atomic E-state index is 0.130. The first-order chi connectivity index (χ1) is 12.7. The summed E-state index contributed by atoms with van der Waals surface area (Å²) in [5, 5.41) is 3.44. The second-order valence-electron chi connectivity index (χ2n) is 5.63. The Hall–Kier alpha value is -2.79. The van der Waals surface area contributed by atoms with Crippen molar-refractivity contribution in [1.82, 2.24) is 5.32 Å². The van der Waals surface area contributed by atoms with Crippen molar-refractivity contribution in [2.45, 2.75) is 13.3 Å². The van der Waals surface area contributed by atoms with Crippen LogP contribution in [0.5, 0.6) is 5.75 Å². The van der Waals surface area contributed by atoms with E-state index >= 15 is 0 Å². The molecule has 1 heterocycles. The van der Waals surface area contributed by atoms with Crippen LogP contribution in [0, 0.1) is 0 Å². The number of nitrogens with zero attached hydrogens (tertiary/aromatic N) is 1. The number of benzene rings is 2. The van der Waals surface area contributed by atoms with Gasteiger partial charge in [-0.25, -0.2) is 4.99 Å². The lowest BCUT2D eigenvalue weighted by Gasteiger charge is -2.03. The summed E-state index contributed by atoms with van der Waals surface area (Å²) in [6, 6.07) is 15.5. The van der Waals surface area contributed by atoms with Crippen LogP contribution in [0.4, 0.5) is 5.69 Å². The van der Waals surface area contributed by atoms with E-state index in [-0.39, 0.29) is 5.91 Å². The van der Waals surface area contributed by atoms with E-state index < -0.39 is 0 Å². The number of para-hydroxylation sites is 1. The van der Waals surface area contributed by atoms with Gasteiger partial charge in [-0.15, -0.1) is 0 Å². The van der Waals surface area contributed by atoms with Crippen LogP contribution in [0.3, 0.4) is 0 Å². The van der Waals surface area contributed by atoms with Crippen LogP contribution in [0.15, 0.2) is 71.1 Å². The minimum atomic E-state index is -0.130. The van der Waals surface area contributed by atoms with Gasteiger partial charge in [-0.3, -0.25) is 4.79 Å². The van der Waals surface area contributed by atoms with Gasteiger partial charge in [0.05, 0.1) is 10.6 Å². The first kappa shape index (κ1) is 18.0. The summed E-state index contributed by atoms with van der Waals surface area (Å²) >= 11 is 1.35. The summed E-state index contributed by atoms with van der Waals surface area (Å²) < 4.78 is 5.46. The highest BCUT2D eigenvalue weighted by Gasteiger charge is 2.24. The molecule has 2 aromatic carbocycles. The van der Waals surface area contributed by atoms with E-state index in [0.717, 1.165) is 29.0 Å². The number of nitrogens with one attached hydrogen (secondary N) is 1. The zero-order valence-corrected chi connectivity index (χ0v) is 15.4. The first-order valence-electron chi connectivity index (χ1n) is 8.41. The van der Waals surface area contributed by atoms with Crippen molar-refractivity contribution >= 4 is 34.6 Å². The van der Waals surface area contributed by atoms with Crippen LogP contribution >= 0.6 is 11.8 Å². The van der Waals surface area contributed by atoms with Gasteiger partial charge < -0.3 is 10.1 Å². The summed E-state index contributed by atoms with van der Waals surface area (Å²) in [4.78, 5) is 17.4. The maximum atomic E-state index is 12.2. The number of aryl methyl sites for hydroxylation is 1. The molecule has 3 rings (SSSR count). The van der Waals surface area contributed by atoms with Crippen molar-refractivity contribution in [2.24, 2.45) is 4.99 Å². The highest BCUT2D eigenvalue weighted by Crippen LogP contribution is 2.29. The monoisotopic (exact) mass is 364 g/mol. The number of rotatable bonds is 6. The molecule has 0 unspecified atom stereocenters. The molecule has 0 spiro atoms. The molecule has 0 saturated carbocycles. The number of aliphatic imine (C=N–C) groups is 1. The molecule has 4 nitrogen and oxygen atoms in total. The van der Waals surface area contributed by atoms with E-state index in [4.69, 9.17) is 4.74 Å². The topological polar surface area (TPSA) is 50.7 Å². The number of carbonyl (C=O) groups is 1. The Labute approximate surface area is 157 Å². The fourth-order valence-electron chi connectivity index (χ4n) is 2.48. The van der Waals surface area contributed by atoms with Crippen LogP contribution in [0.2, 0.25) is 0 Å². The standard InChI is InChI=1S/C21H20N2O2S/c1-3-13-25-17-11-9-15(10-12-17)14-19-20(24)23-21(26-19)22-18-8-6-5-7-16(18)4-2/h3,5-12,14H,1,4,13H2,2H3,(H,22,23,24). The predicted molar refractivity (Wildman–Crippen MR) is 109 cm³/mol. The van der Waals surface area contributed by atoms with E-state index in [1.165, 1.54) is 11.8 Å². The Morgan fingerprint density at radius 3 is 2.69 bits per heavy atom. The molecule has 1 aliphatic rings. The largest absolute Gasteiger partial charge is 0.490 e. The minimum Gasteiger partial charge on any atom is -0.490 e. The number of hydrogen-bond donors (Lipinski definition) is 1. The van der Waals surface area contributed by atoms with Crippen LogP contribution < -0.4 is 10.1 Å². The van der Waals surface area contributed by atoms with Crippen molar-refractivity contribution in [1.29, 1.82) is 0 Å². The van der Waals surface area contributed by atoms with Gasteiger partial charge in [0, 0.05) is 0 Å². The smallest absolute Gasteiger partial charge is 0.264 e. The second-order valence-corrected chi connectivity index (χ2v) is 6.66. The maximum absolute atomic E-state index is 12.2. The molecule has 0 aromatic heterocycles. The third-order valence-corrected chi connectivity index (χ3v) is 4.70. The number of amides is 1. The molecule has 1 aliphatic heterocycles. The molecule has 0 atom stereocenters. The lowest BCUT2D eigenvalue weighted by atomic mass is 10.1. The SMILES string of the molecule is C=CCOc1ccc(C=C2SC(=Nc3ccccc3CC)NC2=O)cc1. The van der Waals surface area contributed by atoms with Gasteiger partial charge in [0.2, 0.25) is 0 Å². The molecule has 2 aromatic rings. The summed E-state index contributed by atoms with van der Waals surface area (Å²) in [6.07, 6.45) is 4.45. The molecule has 26 heavy (non-hydrogen) atoms. The van der Waals surface area contributed by atoms with E-state index in [2.05, 4.69) is 23.8 Å². The Balaban J connectivity index is 1.76. The molecule has 0 bridgehead atoms. The number of thioether (sulfide) groups is 1. The molecule has 1 amide bonds. The average molecular weight is 364 g/mol. The van der Waals surface area contributed by atoms with E-state index in [1.807, 2.05) is 54.6 Å². The van der Waals surface area contributed by atoms with E-state index in [0.29, 0.717) is 16.7 Å². The van der Waals surface area contributed by atoms with Crippen LogP contribution in [0.1, 0.15) is 18.1 Å². The Morgan fingerprint density at radius 1 is 1.19 bits per heavy atom. The van der Waals surface area contributed by atoms with Gasteiger partial charge in [0.25, 0.3) is 5.91 Å². The Bertz CT molecular complexity index is 870. The third kappa shape index (κ3) is 4.43. The molecule has 1 saturated heterocycles.